The molecule has 0 fully saturated rings. The lowest BCUT2D eigenvalue weighted by molar-refractivity contribution is -0.147. The summed E-state index contributed by atoms with van der Waals surface area (Å²) in [6, 6.07) is 3.81. The maximum absolute atomic E-state index is 13.6. The first-order valence-corrected chi connectivity index (χ1v) is 5.47. The minimum atomic E-state index is -1.23. The van der Waals surface area contributed by atoms with Crippen molar-refractivity contribution >= 4 is 23.4 Å². The Morgan fingerprint density at radius 2 is 2.12 bits per heavy atom. The predicted molar refractivity (Wildman–Crippen MR) is 61.5 cm³/mol. The first-order chi connectivity index (χ1) is 7.97. The number of hydrogen-bond acceptors (Lipinski definition) is 3. The van der Waals surface area contributed by atoms with Gasteiger partial charge in [0.15, 0.2) is 0 Å². The fourth-order valence-electron chi connectivity index (χ4n) is 1.47. The van der Waals surface area contributed by atoms with Gasteiger partial charge in [0.2, 0.25) is 0 Å². The zero-order valence-corrected chi connectivity index (χ0v) is 10.3. The van der Waals surface area contributed by atoms with E-state index in [0.717, 1.165) is 6.07 Å². The van der Waals surface area contributed by atoms with Gasteiger partial charge in [0, 0.05) is 10.6 Å². The van der Waals surface area contributed by atoms with Crippen molar-refractivity contribution in [3.8, 4) is 0 Å². The van der Waals surface area contributed by atoms with Crippen molar-refractivity contribution in [3.05, 3.63) is 34.6 Å². The number of benzene rings is 1. The molecular formula is C12H12ClFO3. The van der Waals surface area contributed by atoms with Gasteiger partial charge in [-0.15, -0.1) is 0 Å². The Morgan fingerprint density at radius 1 is 1.47 bits per heavy atom. The largest absolute Gasteiger partial charge is 0.465 e. The summed E-state index contributed by atoms with van der Waals surface area (Å²) in [6.07, 6.45) is 0. The predicted octanol–water partition coefficient (Wildman–Crippen LogP) is 2.71. The number of halogens is 2. The zero-order chi connectivity index (χ0) is 13.0. The maximum atomic E-state index is 13.6. The second-order valence-corrected chi connectivity index (χ2v) is 3.90. The number of hydrogen-bond donors (Lipinski definition) is 0. The third-order valence-electron chi connectivity index (χ3n) is 2.20. The highest BCUT2D eigenvalue weighted by Gasteiger charge is 2.29. The lowest BCUT2D eigenvalue weighted by Crippen LogP contribution is -2.23. The van der Waals surface area contributed by atoms with Gasteiger partial charge in [-0.3, -0.25) is 9.59 Å². The molecule has 0 saturated carbocycles. The molecule has 0 N–H and O–H groups in total. The molecule has 1 aromatic rings. The highest BCUT2D eigenvalue weighted by molar-refractivity contribution is 6.30. The molecule has 0 amide bonds. The Morgan fingerprint density at radius 3 is 2.59 bits per heavy atom. The number of Topliss-reactive ketones (excluding diaryl/α,β-unsaturated/α-hetero) is 1. The van der Waals surface area contributed by atoms with Gasteiger partial charge >= 0.3 is 5.97 Å². The van der Waals surface area contributed by atoms with E-state index in [1.165, 1.54) is 19.1 Å². The van der Waals surface area contributed by atoms with Crippen molar-refractivity contribution in [1.29, 1.82) is 0 Å². The molecule has 1 atom stereocenters. The topological polar surface area (TPSA) is 43.4 Å². The molecule has 0 aliphatic heterocycles. The van der Waals surface area contributed by atoms with Gasteiger partial charge in [-0.05, 0) is 26.0 Å². The zero-order valence-electron chi connectivity index (χ0n) is 9.50. The molecule has 0 spiro atoms. The van der Waals surface area contributed by atoms with Crippen molar-refractivity contribution < 1.29 is 18.7 Å². The molecule has 0 saturated heterocycles. The van der Waals surface area contributed by atoms with Crippen molar-refractivity contribution in [2.75, 3.05) is 6.61 Å². The third kappa shape index (κ3) is 3.27. The van der Waals surface area contributed by atoms with Crippen LogP contribution in [0.3, 0.4) is 0 Å². The Labute approximate surface area is 104 Å². The van der Waals surface area contributed by atoms with Crippen LogP contribution in [0.5, 0.6) is 0 Å². The number of esters is 1. The molecule has 0 heterocycles. The van der Waals surface area contributed by atoms with Crippen LogP contribution in [-0.4, -0.2) is 18.4 Å². The average Bonchev–Trinajstić information content (AvgIpc) is 2.21. The van der Waals surface area contributed by atoms with E-state index < -0.39 is 23.5 Å². The maximum Gasteiger partial charge on any atom is 0.321 e. The Bertz CT molecular complexity index is 445. The van der Waals surface area contributed by atoms with E-state index in [1.807, 2.05) is 0 Å². The van der Waals surface area contributed by atoms with Gasteiger partial charge in [-0.25, -0.2) is 4.39 Å². The summed E-state index contributed by atoms with van der Waals surface area (Å²) in [5, 5.41) is 0.206. The number of rotatable bonds is 4. The molecule has 1 aromatic carbocycles. The minimum Gasteiger partial charge on any atom is -0.465 e. The van der Waals surface area contributed by atoms with E-state index in [0.29, 0.717) is 0 Å². The van der Waals surface area contributed by atoms with Crippen molar-refractivity contribution in [2.24, 2.45) is 0 Å². The highest BCUT2D eigenvalue weighted by atomic mass is 35.5. The first-order valence-electron chi connectivity index (χ1n) is 5.09. The van der Waals surface area contributed by atoms with Crippen LogP contribution in [0.1, 0.15) is 25.3 Å². The number of ketones is 1. The molecule has 3 nitrogen and oxygen atoms in total. The molecule has 1 unspecified atom stereocenters. The van der Waals surface area contributed by atoms with Crippen molar-refractivity contribution in [3.63, 3.8) is 0 Å². The SMILES string of the molecule is CCOC(=O)C(C(C)=O)c1ccc(Cl)cc1F. The van der Waals surface area contributed by atoms with E-state index in [-0.39, 0.29) is 17.2 Å². The van der Waals surface area contributed by atoms with Crippen LogP contribution in [0.2, 0.25) is 5.02 Å². The van der Waals surface area contributed by atoms with Crippen molar-refractivity contribution in [2.45, 2.75) is 19.8 Å². The second-order valence-electron chi connectivity index (χ2n) is 3.46. The molecule has 0 aromatic heterocycles. The summed E-state index contributed by atoms with van der Waals surface area (Å²) in [6.45, 7) is 2.97. The van der Waals surface area contributed by atoms with Crippen LogP contribution in [0.25, 0.3) is 0 Å². The molecule has 5 heteroatoms. The summed E-state index contributed by atoms with van der Waals surface area (Å²) < 4.78 is 18.4. The van der Waals surface area contributed by atoms with E-state index in [2.05, 4.69) is 0 Å². The normalized spacial score (nSPS) is 12.0. The molecule has 0 radical (unpaired) electrons. The van der Waals surface area contributed by atoms with Gasteiger partial charge in [-0.1, -0.05) is 17.7 Å². The van der Waals surface area contributed by atoms with Gasteiger partial charge in [0.05, 0.1) is 6.61 Å². The van der Waals surface area contributed by atoms with E-state index >= 15 is 0 Å². The van der Waals surface area contributed by atoms with Crippen LogP contribution in [0.15, 0.2) is 18.2 Å². The minimum absolute atomic E-state index is 0.0136. The quantitative estimate of drug-likeness (QED) is 0.616. The molecule has 1 rings (SSSR count). The monoisotopic (exact) mass is 258 g/mol. The Kier molecular flexibility index (Phi) is 4.63. The average molecular weight is 259 g/mol. The Hall–Kier alpha value is -1.42. The van der Waals surface area contributed by atoms with Gasteiger partial charge in [0.1, 0.15) is 17.5 Å². The standard InChI is InChI=1S/C12H12ClFO3/c1-3-17-12(16)11(7(2)15)9-5-4-8(13)6-10(9)14/h4-6,11H,3H2,1-2H3. The summed E-state index contributed by atoms with van der Waals surface area (Å²) >= 11 is 5.60. The van der Waals surface area contributed by atoms with E-state index in [1.54, 1.807) is 6.92 Å². The summed E-state index contributed by atoms with van der Waals surface area (Å²) in [4.78, 5) is 23.0. The van der Waals surface area contributed by atoms with Crippen LogP contribution in [0.4, 0.5) is 4.39 Å². The highest BCUT2D eigenvalue weighted by Crippen LogP contribution is 2.24. The third-order valence-corrected chi connectivity index (χ3v) is 2.44. The number of carbonyl (C=O) groups excluding carboxylic acids is 2. The molecule has 92 valence electrons. The Balaban J connectivity index is 3.14. The van der Waals surface area contributed by atoms with E-state index in [4.69, 9.17) is 16.3 Å². The summed E-state index contributed by atoms with van der Waals surface area (Å²) in [5.41, 5.74) is -0.0136. The van der Waals surface area contributed by atoms with Gasteiger partial charge in [0.25, 0.3) is 0 Å². The second kappa shape index (κ2) is 5.77. The molecule has 17 heavy (non-hydrogen) atoms. The lowest BCUT2D eigenvalue weighted by atomic mass is 9.95. The van der Waals surface area contributed by atoms with Crippen LogP contribution in [-0.2, 0) is 14.3 Å². The molecule has 0 aliphatic rings. The van der Waals surface area contributed by atoms with Gasteiger partial charge < -0.3 is 4.74 Å². The van der Waals surface area contributed by atoms with Crippen LogP contribution >= 0.6 is 11.6 Å². The fourth-order valence-corrected chi connectivity index (χ4v) is 1.63. The summed E-state index contributed by atoms with van der Waals surface area (Å²) in [7, 11) is 0. The van der Waals surface area contributed by atoms with E-state index in [9.17, 15) is 14.0 Å². The van der Waals surface area contributed by atoms with Crippen LogP contribution < -0.4 is 0 Å². The van der Waals surface area contributed by atoms with Gasteiger partial charge in [-0.2, -0.15) is 0 Å². The lowest BCUT2D eigenvalue weighted by Gasteiger charge is -2.13. The first kappa shape index (κ1) is 13.6. The fraction of sp³-hybridized carbons (Fsp3) is 0.333. The molecule has 0 bridgehead atoms. The number of carbonyl (C=O) groups is 2. The van der Waals surface area contributed by atoms with Crippen molar-refractivity contribution in [1.82, 2.24) is 0 Å². The number of ether oxygens (including phenoxy) is 1. The molecular weight excluding hydrogens is 247 g/mol. The summed E-state index contributed by atoms with van der Waals surface area (Å²) in [5.74, 6) is -3.14. The molecule has 0 aliphatic carbocycles. The van der Waals surface area contributed by atoms with Crippen LogP contribution in [0, 0.1) is 5.82 Å². The smallest absolute Gasteiger partial charge is 0.321 e.